The smallest absolute Gasteiger partial charge is 0.0752 e. The zero-order valence-corrected chi connectivity index (χ0v) is 9.06. The van der Waals surface area contributed by atoms with Gasteiger partial charge in [-0.1, -0.05) is 34.2 Å². The molecule has 0 aliphatic rings. The zero-order valence-electron chi connectivity index (χ0n) is 6.14. The molecule has 0 amide bonds. The minimum atomic E-state index is 0.439. The highest BCUT2D eigenvalue weighted by Crippen LogP contribution is 2.15. The van der Waals surface area contributed by atoms with E-state index in [1.165, 1.54) is 0 Å². The molecule has 11 heavy (non-hydrogen) atoms. The fraction of sp³-hybridized carbons (Fsp3) is 0.250. The lowest BCUT2D eigenvalue weighted by Gasteiger charge is -2.07. The number of hydrogen-bond acceptors (Lipinski definition) is 1. The highest BCUT2D eigenvalue weighted by Gasteiger charge is 1.94. The Kier molecular flexibility index (Phi) is 3.45. The molecule has 1 unspecified atom stereocenters. The van der Waals surface area contributed by atoms with Crippen LogP contribution in [-0.4, -0.2) is 4.05 Å². The molecule has 0 fully saturated rings. The molecule has 60 valence electrons. The standard InChI is InChI=1S/C8H9ClIN/c1-6(10)11-8-4-2-7(9)3-5-8/h2-6,11H,1H3. The van der Waals surface area contributed by atoms with Crippen LogP contribution in [0.2, 0.25) is 5.02 Å². The van der Waals surface area contributed by atoms with Crippen LogP contribution in [0.4, 0.5) is 5.69 Å². The van der Waals surface area contributed by atoms with Gasteiger partial charge in [-0.2, -0.15) is 0 Å². The topological polar surface area (TPSA) is 12.0 Å². The second-order valence-electron chi connectivity index (χ2n) is 2.27. The molecule has 0 spiro atoms. The van der Waals surface area contributed by atoms with Gasteiger partial charge in [0.1, 0.15) is 0 Å². The monoisotopic (exact) mass is 281 g/mol. The Morgan fingerprint density at radius 1 is 1.36 bits per heavy atom. The summed E-state index contributed by atoms with van der Waals surface area (Å²) in [5, 5.41) is 4.03. The highest BCUT2D eigenvalue weighted by molar-refractivity contribution is 14.1. The van der Waals surface area contributed by atoms with Crippen LogP contribution in [0.15, 0.2) is 24.3 Å². The van der Waals surface area contributed by atoms with Gasteiger partial charge < -0.3 is 5.32 Å². The van der Waals surface area contributed by atoms with E-state index in [0.29, 0.717) is 4.05 Å². The summed E-state index contributed by atoms with van der Waals surface area (Å²) in [6, 6.07) is 7.70. The van der Waals surface area contributed by atoms with Crippen molar-refractivity contribution in [3.8, 4) is 0 Å². The van der Waals surface area contributed by atoms with Crippen molar-refractivity contribution in [1.82, 2.24) is 0 Å². The Hall–Kier alpha value is 0.0400. The second kappa shape index (κ2) is 4.16. The van der Waals surface area contributed by atoms with Crippen molar-refractivity contribution in [2.45, 2.75) is 11.0 Å². The van der Waals surface area contributed by atoms with Crippen LogP contribution in [0, 0.1) is 0 Å². The lowest BCUT2D eigenvalue weighted by atomic mass is 10.3. The van der Waals surface area contributed by atoms with E-state index in [2.05, 4.69) is 34.8 Å². The summed E-state index contributed by atoms with van der Waals surface area (Å²) in [6.07, 6.45) is 0. The summed E-state index contributed by atoms with van der Waals surface area (Å²) < 4.78 is 0.439. The number of hydrogen-bond donors (Lipinski definition) is 1. The molecule has 0 saturated carbocycles. The van der Waals surface area contributed by atoms with Gasteiger partial charge in [0.2, 0.25) is 0 Å². The van der Waals surface area contributed by atoms with Crippen molar-refractivity contribution < 1.29 is 0 Å². The molecule has 0 heterocycles. The van der Waals surface area contributed by atoms with Crippen LogP contribution < -0.4 is 5.32 Å². The summed E-state index contributed by atoms with van der Waals surface area (Å²) in [6.45, 7) is 2.09. The van der Waals surface area contributed by atoms with Gasteiger partial charge in [-0.25, -0.2) is 0 Å². The van der Waals surface area contributed by atoms with Gasteiger partial charge in [-0.15, -0.1) is 0 Å². The maximum atomic E-state index is 5.72. The Labute approximate surface area is 85.3 Å². The molecule has 0 saturated heterocycles. The summed E-state index contributed by atoms with van der Waals surface area (Å²) >= 11 is 8.03. The third kappa shape index (κ3) is 3.29. The predicted octanol–water partition coefficient (Wildman–Crippen LogP) is 3.53. The van der Waals surface area contributed by atoms with Crippen LogP contribution in [0.1, 0.15) is 6.92 Å². The lowest BCUT2D eigenvalue weighted by molar-refractivity contribution is 1.17. The molecule has 0 bridgehead atoms. The third-order valence-corrected chi connectivity index (χ3v) is 1.77. The summed E-state index contributed by atoms with van der Waals surface area (Å²) in [5.41, 5.74) is 1.11. The van der Waals surface area contributed by atoms with Crippen molar-refractivity contribution in [3.05, 3.63) is 29.3 Å². The minimum absolute atomic E-state index is 0.439. The van der Waals surface area contributed by atoms with Crippen molar-refractivity contribution in [1.29, 1.82) is 0 Å². The van der Waals surface area contributed by atoms with E-state index in [1.807, 2.05) is 24.3 Å². The molecule has 0 aliphatic carbocycles. The summed E-state index contributed by atoms with van der Waals surface area (Å²) in [5.74, 6) is 0. The number of rotatable bonds is 2. The quantitative estimate of drug-likeness (QED) is 0.497. The Bertz CT molecular complexity index is 220. The molecule has 1 nitrogen and oxygen atoms in total. The number of benzene rings is 1. The van der Waals surface area contributed by atoms with Gasteiger partial charge in [0.25, 0.3) is 0 Å². The first-order valence-corrected chi connectivity index (χ1v) is 4.97. The van der Waals surface area contributed by atoms with Gasteiger partial charge in [0.05, 0.1) is 4.05 Å². The zero-order chi connectivity index (χ0) is 8.27. The molecule has 1 aromatic carbocycles. The van der Waals surface area contributed by atoms with E-state index in [4.69, 9.17) is 11.6 Å². The molecule has 3 heteroatoms. The van der Waals surface area contributed by atoms with Crippen LogP contribution in [0.5, 0.6) is 0 Å². The maximum Gasteiger partial charge on any atom is 0.0752 e. The van der Waals surface area contributed by atoms with E-state index in [1.54, 1.807) is 0 Å². The fourth-order valence-corrected chi connectivity index (χ4v) is 1.26. The average Bonchev–Trinajstić information content (AvgIpc) is 1.93. The molecular weight excluding hydrogens is 272 g/mol. The van der Waals surface area contributed by atoms with E-state index in [0.717, 1.165) is 10.7 Å². The minimum Gasteiger partial charge on any atom is -0.374 e. The van der Waals surface area contributed by atoms with Crippen LogP contribution >= 0.6 is 34.2 Å². The molecule has 1 atom stereocenters. The summed E-state index contributed by atoms with van der Waals surface area (Å²) in [4.78, 5) is 0. The van der Waals surface area contributed by atoms with Gasteiger partial charge in [0.15, 0.2) is 0 Å². The van der Waals surface area contributed by atoms with Gasteiger partial charge >= 0.3 is 0 Å². The Morgan fingerprint density at radius 3 is 2.36 bits per heavy atom. The predicted molar refractivity (Wildman–Crippen MR) is 58.6 cm³/mol. The first kappa shape index (κ1) is 9.13. The first-order chi connectivity index (χ1) is 5.18. The first-order valence-electron chi connectivity index (χ1n) is 3.34. The van der Waals surface area contributed by atoms with Gasteiger partial charge in [-0.05, 0) is 31.2 Å². The number of anilines is 1. The average molecular weight is 282 g/mol. The van der Waals surface area contributed by atoms with E-state index in [-0.39, 0.29) is 0 Å². The van der Waals surface area contributed by atoms with Gasteiger partial charge in [0, 0.05) is 10.7 Å². The molecule has 0 aromatic heterocycles. The normalized spacial score (nSPS) is 12.6. The van der Waals surface area contributed by atoms with E-state index >= 15 is 0 Å². The van der Waals surface area contributed by atoms with Crippen molar-refractivity contribution >= 4 is 39.9 Å². The van der Waals surface area contributed by atoms with Gasteiger partial charge in [-0.3, -0.25) is 0 Å². The molecule has 0 radical (unpaired) electrons. The van der Waals surface area contributed by atoms with Crippen LogP contribution in [0.25, 0.3) is 0 Å². The van der Waals surface area contributed by atoms with E-state index < -0.39 is 0 Å². The largest absolute Gasteiger partial charge is 0.374 e. The number of nitrogens with one attached hydrogen (secondary N) is 1. The Morgan fingerprint density at radius 2 is 1.91 bits per heavy atom. The van der Waals surface area contributed by atoms with E-state index in [9.17, 15) is 0 Å². The molecular formula is C8H9ClIN. The maximum absolute atomic E-state index is 5.72. The Balaban J connectivity index is 2.66. The second-order valence-corrected chi connectivity index (χ2v) is 4.57. The van der Waals surface area contributed by atoms with Crippen molar-refractivity contribution in [2.75, 3.05) is 5.32 Å². The third-order valence-electron chi connectivity index (χ3n) is 1.21. The number of alkyl halides is 1. The molecule has 1 rings (SSSR count). The van der Waals surface area contributed by atoms with Crippen molar-refractivity contribution in [2.24, 2.45) is 0 Å². The lowest BCUT2D eigenvalue weighted by Crippen LogP contribution is -2.05. The molecule has 0 aliphatic heterocycles. The van der Waals surface area contributed by atoms with Crippen LogP contribution in [-0.2, 0) is 0 Å². The highest BCUT2D eigenvalue weighted by atomic mass is 127. The van der Waals surface area contributed by atoms with Crippen LogP contribution in [0.3, 0.4) is 0 Å². The SMILES string of the molecule is CC(I)Nc1ccc(Cl)cc1. The molecule has 1 N–H and O–H groups in total. The fourth-order valence-electron chi connectivity index (χ4n) is 0.776. The number of halogens is 2. The molecule has 1 aromatic rings. The summed E-state index contributed by atoms with van der Waals surface area (Å²) in [7, 11) is 0. The van der Waals surface area contributed by atoms with Crippen molar-refractivity contribution in [3.63, 3.8) is 0 Å².